The number of hydrogen-bond acceptors (Lipinski definition) is 4. The van der Waals surface area contributed by atoms with Crippen molar-refractivity contribution in [2.24, 2.45) is 7.05 Å². The Morgan fingerprint density at radius 1 is 1.37 bits per heavy atom. The first kappa shape index (κ1) is 14.0. The van der Waals surface area contributed by atoms with Crippen LogP contribution >= 0.6 is 11.6 Å². The van der Waals surface area contributed by atoms with Crippen molar-refractivity contribution in [2.45, 2.75) is 25.8 Å². The van der Waals surface area contributed by atoms with E-state index in [2.05, 4.69) is 27.3 Å². The molecule has 0 fully saturated rings. The maximum absolute atomic E-state index is 6.38. The summed E-state index contributed by atoms with van der Waals surface area (Å²) in [5.74, 6) is 0. The minimum atomic E-state index is 0.124. The quantitative estimate of drug-likeness (QED) is 0.909. The lowest BCUT2D eigenvalue weighted by Crippen LogP contribution is -2.20. The van der Waals surface area contributed by atoms with Crippen LogP contribution in [-0.4, -0.2) is 26.8 Å². The molecule has 0 aliphatic heterocycles. The van der Waals surface area contributed by atoms with Crippen LogP contribution in [0.15, 0.2) is 18.7 Å². The molecule has 5 nitrogen and oxygen atoms in total. The average molecular weight is 280 g/mol. The van der Waals surface area contributed by atoms with Crippen molar-refractivity contribution in [3.63, 3.8) is 0 Å². The standard InChI is InChI=1S/C13H18ClN5/c1-4-10-13(14)12(19(3)18-10)5-11(15-2)9-6-16-8-17-7-9/h6-8,11,15H,4-5H2,1-3H3. The van der Waals surface area contributed by atoms with Gasteiger partial charge in [0, 0.05) is 37.5 Å². The molecule has 0 spiro atoms. The van der Waals surface area contributed by atoms with Gasteiger partial charge in [0.15, 0.2) is 0 Å². The van der Waals surface area contributed by atoms with E-state index in [1.165, 1.54) is 6.33 Å². The summed E-state index contributed by atoms with van der Waals surface area (Å²) in [6.45, 7) is 2.05. The molecule has 0 saturated heterocycles. The van der Waals surface area contributed by atoms with Crippen molar-refractivity contribution < 1.29 is 0 Å². The molecule has 1 N–H and O–H groups in total. The molecule has 1 unspecified atom stereocenters. The molecule has 0 saturated carbocycles. The number of rotatable bonds is 5. The highest BCUT2D eigenvalue weighted by Crippen LogP contribution is 2.25. The first-order chi connectivity index (χ1) is 9.17. The van der Waals surface area contributed by atoms with Gasteiger partial charge in [-0.25, -0.2) is 9.97 Å². The summed E-state index contributed by atoms with van der Waals surface area (Å²) in [6, 6.07) is 0.124. The van der Waals surface area contributed by atoms with Crippen molar-refractivity contribution in [3.8, 4) is 0 Å². The molecule has 0 aliphatic carbocycles. The van der Waals surface area contributed by atoms with Crippen LogP contribution in [0.5, 0.6) is 0 Å². The molecule has 0 amide bonds. The number of halogens is 1. The third-order valence-electron chi connectivity index (χ3n) is 3.23. The van der Waals surface area contributed by atoms with Crippen LogP contribution in [0.1, 0.15) is 29.9 Å². The maximum atomic E-state index is 6.38. The van der Waals surface area contributed by atoms with E-state index in [9.17, 15) is 0 Å². The van der Waals surface area contributed by atoms with Gasteiger partial charge >= 0.3 is 0 Å². The molecule has 2 rings (SSSR count). The Kier molecular flexibility index (Phi) is 4.50. The normalized spacial score (nSPS) is 12.6. The molecule has 2 aromatic rings. The zero-order valence-electron chi connectivity index (χ0n) is 11.4. The minimum absolute atomic E-state index is 0.124. The smallest absolute Gasteiger partial charge is 0.115 e. The molecule has 0 aromatic carbocycles. The van der Waals surface area contributed by atoms with E-state index in [1.807, 2.05) is 31.2 Å². The van der Waals surface area contributed by atoms with Gasteiger partial charge in [0.25, 0.3) is 0 Å². The average Bonchev–Trinajstić information content (AvgIpc) is 2.72. The van der Waals surface area contributed by atoms with Crippen molar-refractivity contribution in [1.82, 2.24) is 25.1 Å². The van der Waals surface area contributed by atoms with E-state index in [1.54, 1.807) is 0 Å². The van der Waals surface area contributed by atoms with E-state index >= 15 is 0 Å². The fourth-order valence-corrected chi connectivity index (χ4v) is 2.48. The summed E-state index contributed by atoms with van der Waals surface area (Å²) in [5.41, 5.74) is 3.01. The van der Waals surface area contributed by atoms with E-state index in [4.69, 9.17) is 11.6 Å². The largest absolute Gasteiger partial charge is 0.313 e. The van der Waals surface area contributed by atoms with E-state index in [0.29, 0.717) is 0 Å². The highest BCUT2D eigenvalue weighted by Gasteiger charge is 2.18. The lowest BCUT2D eigenvalue weighted by molar-refractivity contribution is 0.557. The Balaban J connectivity index is 2.26. The molecule has 102 valence electrons. The third-order valence-corrected chi connectivity index (χ3v) is 3.67. The van der Waals surface area contributed by atoms with Crippen LogP contribution in [0, 0.1) is 0 Å². The summed E-state index contributed by atoms with van der Waals surface area (Å²) in [5, 5.41) is 8.47. The number of hydrogen-bond donors (Lipinski definition) is 1. The van der Waals surface area contributed by atoms with Gasteiger partial charge in [0.05, 0.1) is 16.4 Å². The zero-order valence-corrected chi connectivity index (χ0v) is 12.1. The molecule has 1 atom stereocenters. The van der Waals surface area contributed by atoms with Gasteiger partial charge in [-0.3, -0.25) is 4.68 Å². The van der Waals surface area contributed by atoms with Gasteiger partial charge in [-0.05, 0) is 13.5 Å². The number of likely N-dealkylation sites (N-methyl/N-ethyl adjacent to an activating group) is 1. The highest BCUT2D eigenvalue weighted by molar-refractivity contribution is 6.31. The molecule has 2 aromatic heterocycles. The molecular weight excluding hydrogens is 262 g/mol. The zero-order chi connectivity index (χ0) is 13.8. The van der Waals surface area contributed by atoms with Crippen LogP contribution in [0.4, 0.5) is 0 Å². The Morgan fingerprint density at radius 3 is 2.58 bits per heavy atom. The van der Waals surface area contributed by atoms with Crippen LogP contribution in [0.25, 0.3) is 0 Å². The van der Waals surface area contributed by atoms with Crippen molar-refractivity contribution in [2.75, 3.05) is 7.05 Å². The predicted molar refractivity (Wildman–Crippen MR) is 75.1 cm³/mol. The number of aromatic nitrogens is 4. The van der Waals surface area contributed by atoms with E-state index in [-0.39, 0.29) is 6.04 Å². The molecule has 19 heavy (non-hydrogen) atoms. The molecule has 0 radical (unpaired) electrons. The van der Waals surface area contributed by atoms with Gasteiger partial charge in [-0.1, -0.05) is 18.5 Å². The maximum Gasteiger partial charge on any atom is 0.115 e. The number of aryl methyl sites for hydroxylation is 2. The van der Waals surface area contributed by atoms with Gasteiger partial charge in [0.1, 0.15) is 6.33 Å². The predicted octanol–water partition coefficient (Wildman–Crippen LogP) is 1.93. The van der Waals surface area contributed by atoms with Crippen LogP contribution in [0.3, 0.4) is 0 Å². The van der Waals surface area contributed by atoms with Crippen molar-refractivity contribution >= 4 is 11.6 Å². The number of nitrogens with zero attached hydrogens (tertiary/aromatic N) is 4. The fourth-order valence-electron chi connectivity index (χ4n) is 2.11. The van der Waals surface area contributed by atoms with Crippen LogP contribution in [0.2, 0.25) is 5.02 Å². The Bertz CT molecular complexity index is 537. The lowest BCUT2D eigenvalue weighted by Gasteiger charge is -2.16. The van der Waals surface area contributed by atoms with E-state index < -0.39 is 0 Å². The second-order valence-corrected chi connectivity index (χ2v) is 4.78. The summed E-state index contributed by atoms with van der Waals surface area (Å²) in [6.07, 6.45) is 6.76. The monoisotopic (exact) mass is 279 g/mol. The Hall–Kier alpha value is -1.46. The first-order valence-electron chi connectivity index (χ1n) is 6.29. The first-order valence-corrected chi connectivity index (χ1v) is 6.67. The molecule has 2 heterocycles. The molecule has 0 bridgehead atoms. The molecule has 6 heteroatoms. The fraction of sp³-hybridized carbons (Fsp3) is 0.462. The summed E-state index contributed by atoms with van der Waals surface area (Å²) >= 11 is 6.38. The molecule has 0 aliphatic rings. The minimum Gasteiger partial charge on any atom is -0.313 e. The second-order valence-electron chi connectivity index (χ2n) is 4.40. The summed E-state index contributed by atoms with van der Waals surface area (Å²) < 4.78 is 1.86. The van der Waals surface area contributed by atoms with E-state index in [0.717, 1.165) is 34.8 Å². The van der Waals surface area contributed by atoms with Crippen LogP contribution in [-0.2, 0) is 19.9 Å². The lowest BCUT2D eigenvalue weighted by atomic mass is 10.0. The highest BCUT2D eigenvalue weighted by atomic mass is 35.5. The summed E-state index contributed by atoms with van der Waals surface area (Å²) in [7, 11) is 3.84. The SMILES string of the molecule is CCc1nn(C)c(CC(NC)c2cncnc2)c1Cl. The van der Waals surface area contributed by atoms with Gasteiger partial charge in [-0.2, -0.15) is 5.10 Å². The second kappa shape index (κ2) is 6.12. The number of nitrogens with one attached hydrogen (secondary N) is 1. The Labute approximate surface area is 118 Å². The molecular formula is C13H18ClN5. The summed E-state index contributed by atoms with van der Waals surface area (Å²) in [4.78, 5) is 8.11. The topological polar surface area (TPSA) is 55.6 Å². The van der Waals surface area contributed by atoms with Gasteiger partial charge < -0.3 is 5.32 Å². The van der Waals surface area contributed by atoms with Gasteiger partial charge in [-0.15, -0.1) is 0 Å². The Morgan fingerprint density at radius 2 is 2.05 bits per heavy atom. The van der Waals surface area contributed by atoms with Crippen molar-refractivity contribution in [1.29, 1.82) is 0 Å². The van der Waals surface area contributed by atoms with Crippen molar-refractivity contribution in [3.05, 3.63) is 40.7 Å². The van der Waals surface area contributed by atoms with Gasteiger partial charge in [0.2, 0.25) is 0 Å². The van der Waals surface area contributed by atoms with Crippen LogP contribution < -0.4 is 5.32 Å². The third kappa shape index (κ3) is 2.93.